The number of fused-ring (bicyclic) bond motifs is 1. The number of rotatable bonds is 7. The van der Waals surface area contributed by atoms with Crippen LogP contribution in [0.4, 0.5) is 10.1 Å². The Kier molecular flexibility index (Phi) is 6.59. The highest BCUT2D eigenvalue weighted by Gasteiger charge is 2.22. The maximum absolute atomic E-state index is 13.1. The molecule has 0 bridgehead atoms. The first kappa shape index (κ1) is 23.7. The summed E-state index contributed by atoms with van der Waals surface area (Å²) in [5, 5.41) is 0. The summed E-state index contributed by atoms with van der Waals surface area (Å²) < 4.78 is 48.2. The minimum absolute atomic E-state index is 0.00803. The van der Waals surface area contributed by atoms with E-state index in [2.05, 4.69) is 9.71 Å². The number of hydrogen-bond acceptors (Lipinski definition) is 5. The van der Waals surface area contributed by atoms with E-state index in [-0.39, 0.29) is 23.3 Å². The molecule has 1 heterocycles. The number of benzene rings is 2. The zero-order valence-electron chi connectivity index (χ0n) is 18.8. The molecule has 9 heteroatoms. The predicted molar refractivity (Wildman–Crippen MR) is 121 cm³/mol. The van der Waals surface area contributed by atoms with Crippen molar-refractivity contribution in [2.24, 2.45) is 0 Å². The van der Waals surface area contributed by atoms with Crippen molar-refractivity contribution >= 4 is 32.7 Å². The van der Waals surface area contributed by atoms with Gasteiger partial charge in [0.15, 0.2) is 0 Å². The number of anilines is 1. The number of halogens is 1. The molecule has 32 heavy (non-hydrogen) atoms. The maximum Gasteiger partial charge on any atom is 0.326 e. The number of aromatic nitrogens is 2. The SMILES string of the molecule is CCC(C)c1nc2cc(NS(=O)(=O)c3ccc(F)cc3)ccc2n1CC(=O)OC(C)(C)C. The molecule has 0 aliphatic heterocycles. The molecule has 1 N–H and O–H groups in total. The molecule has 1 atom stereocenters. The lowest BCUT2D eigenvalue weighted by atomic mass is 10.1. The van der Waals surface area contributed by atoms with E-state index in [0.29, 0.717) is 16.7 Å². The number of ether oxygens (including phenoxy) is 1. The summed E-state index contributed by atoms with van der Waals surface area (Å²) in [6.07, 6.45) is 0.821. The van der Waals surface area contributed by atoms with Crippen molar-refractivity contribution in [1.82, 2.24) is 9.55 Å². The van der Waals surface area contributed by atoms with Crippen LogP contribution in [0.5, 0.6) is 0 Å². The van der Waals surface area contributed by atoms with Crippen LogP contribution in [0.3, 0.4) is 0 Å². The van der Waals surface area contributed by atoms with Crippen LogP contribution in [0, 0.1) is 5.82 Å². The molecule has 0 amide bonds. The normalized spacial score (nSPS) is 13.2. The highest BCUT2D eigenvalue weighted by atomic mass is 32.2. The predicted octanol–water partition coefficient (Wildman–Crippen LogP) is 4.83. The molecule has 0 saturated carbocycles. The van der Waals surface area contributed by atoms with E-state index in [9.17, 15) is 17.6 Å². The third-order valence-corrected chi connectivity index (χ3v) is 6.31. The average Bonchev–Trinajstić information content (AvgIpc) is 3.03. The smallest absolute Gasteiger partial charge is 0.326 e. The second-order valence-corrected chi connectivity index (χ2v) is 10.4. The largest absolute Gasteiger partial charge is 0.459 e. The van der Waals surface area contributed by atoms with E-state index < -0.39 is 21.4 Å². The Morgan fingerprint density at radius 3 is 2.44 bits per heavy atom. The monoisotopic (exact) mass is 461 g/mol. The summed E-state index contributed by atoms with van der Waals surface area (Å²) in [5.41, 5.74) is 0.981. The van der Waals surface area contributed by atoms with Gasteiger partial charge >= 0.3 is 5.97 Å². The van der Waals surface area contributed by atoms with Crippen LogP contribution in [0.25, 0.3) is 11.0 Å². The van der Waals surface area contributed by atoms with Gasteiger partial charge in [-0.1, -0.05) is 13.8 Å². The summed E-state index contributed by atoms with van der Waals surface area (Å²) in [6.45, 7) is 9.49. The molecule has 172 valence electrons. The van der Waals surface area contributed by atoms with Gasteiger partial charge in [0.25, 0.3) is 10.0 Å². The molecular formula is C23H28FN3O4S. The summed E-state index contributed by atoms with van der Waals surface area (Å²) in [5.74, 6) is -0.0722. The highest BCUT2D eigenvalue weighted by Crippen LogP contribution is 2.27. The van der Waals surface area contributed by atoms with Crippen LogP contribution in [0.1, 0.15) is 52.8 Å². The molecule has 0 radical (unpaired) electrons. The van der Waals surface area contributed by atoms with E-state index in [0.717, 1.165) is 24.4 Å². The van der Waals surface area contributed by atoms with Crippen LogP contribution in [-0.4, -0.2) is 29.5 Å². The zero-order chi connectivity index (χ0) is 23.7. The molecule has 0 saturated heterocycles. The average molecular weight is 462 g/mol. The molecule has 0 aliphatic carbocycles. The number of sulfonamides is 1. The van der Waals surface area contributed by atoms with Gasteiger partial charge in [0.05, 0.1) is 21.6 Å². The Bertz CT molecular complexity index is 1230. The van der Waals surface area contributed by atoms with Gasteiger partial charge in [-0.25, -0.2) is 17.8 Å². The van der Waals surface area contributed by atoms with Crippen molar-refractivity contribution in [2.45, 2.75) is 64.0 Å². The molecule has 3 aromatic rings. The molecule has 0 fully saturated rings. The van der Waals surface area contributed by atoms with Crippen molar-refractivity contribution < 1.29 is 22.3 Å². The fraction of sp³-hybridized carbons (Fsp3) is 0.391. The van der Waals surface area contributed by atoms with Gasteiger partial charge in [-0.05, 0) is 69.7 Å². The van der Waals surface area contributed by atoms with Gasteiger partial charge in [-0.3, -0.25) is 9.52 Å². The summed E-state index contributed by atoms with van der Waals surface area (Å²) >= 11 is 0. The Morgan fingerprint density at radius 1 is 1.19 bits per heavy atom. The lowest BCUT2D eigenvalue weighted by molar-refractivity contribution is -0.155. The number of hydrogen-bond donors (Lipinski definition) is 1. The number of nitrogens with one attached hydrogen (secondary N) is 1. The minimum Gasteiger partial charge on any atom is -0.459 e. The van der Waals surface area contributed by atoms with Crippen molar-refractivity contribution in [3.05, 3.63) is 54.1 Å². The lowest BCUT2D eigenvalue weighted by Gasteiger charge is -2.20. The fourth-order valence-corrected chi connectivity index (χ4v) is 4.32. The van der Waals surface area contributed by atoms with Gasteiger partial charge in [-0.2, -0.15) is 0 Å². The topological polar surface area (TPSA) is 90.3 Å². The van der Waals surface area contributed by atoms with Crippen LogP contribution >= 0.6 is 0 Å². The van der Waals surface area contributed by atoms with Crippen molar-refractivity contribution in [2.75, 3.05) is 4.72 Å². The van der Waals surface area contributed by atoms with E-state index >= 15 is 0 Å². The second kappa shape index (κ2) is 8.90. The fourth-order valence-electron chi connectivity index (χ4n) is 3.27. The molecule has 1 aromatic heterocycles. The summed E-state index contributed by atoms with van der Waals surface area (Å²) in [6, 6.07) is 9.54. The number of esters is 1. The lowest BCUT2D eigenvalue weighted by Crippen LogP contribution is -2.27. The van der Waals surface area contributed by atoms with Crippen molar-refractivity contribution in [3.63, 3.8) is 0 Å². The van der Waals surface area contributed by atoms with Gasteiger partial charge in [-0.15, -0.1) is 0 Å². The van der Waals surface area contributed by atoms with Crippen LogP contribution in [0.15, 0.2) is 47.4 Å². The standard InChI is InChI=1S/C23H28FN3O4S/c1-6-15(2)22-25-19-13-17(26-32(29,30)18-10-7-16(24)8-11-18)9-12-20(19)27(22)14-21(28)31-23(3,4)5/h7-13,15,26H,6,14H2,1-5H3. The first-order valence-corrected chi connectivity index (χ1v) is 11.9. The first-order chi connectivity index (χ1) is 14.9. The molecule has 2 aromatic carbocycles. The molecule has 0 aliphatic rings. The highest BCUT2D eigenvalue weighted by molar-refractivity contribution is 7.92. The van der Waals surface area contributed by atoms with Gasteiger partial charge in [0, 0.05) is 5.92 Å². The molecular weight excluding hydrogens is 433 g/mol. The van der Waals surface area contributed by atoms with Crippen molar-refractivity contribution in [1.29, 1.82) is 0 Å². The van der Waals surface area contributed by atoms with E-state index in [1.165, 1.54) is 12.1 Å². The Balaban J connectivity index is 1.96. The number of carbonyl (C=O) groups excluding carboxylic acids is 1. The number of carbonyl (C=O) groups is 1. The minimum atomic E-state index is -3.89. The quantitative estimate of drug-likeness (QED) is 0.509. The van der Waals surface area contributed by atoms with E-state index in [1.54, 1.807) is 18.2 Å². The second-order valence-electron chi connectivity index (χ2n) is 8.71. The molecule has 0 spiro atoms. The third kappa shape index (κ3) is 5.45. The van der Waals surface area contributed by atoms with Gasteiger partial charge < -0.3 is 9.30 Å². The zero-order valence-corrected chi connectivity index (χ0v) is 19.7. The molecule has 1 unspecified atom stereocenters. The maximum atomic E-state index is 13.1. The number of nitrogens with zero attached hydrogens (tertiary/aromatic N) is 2. The Morgan fingerprint density at radius 2 is 1.84 bits per heavy atom. The molecule has 7 nitrogen and oxygen atoms in total. The molecule has 3 rings (SSSR count). The van der Waals surface area contributed by atoms with Gasteiger partial charge in [0.2, 0.25) is 0 Å². The van der Waals surface area contributed by atoms with Crippen LogP contribution in [0.2, 0.25) is 0 Å². The first-order valence-electron chi connectivity index (χ1n) is 10.4. The van der Waals surface area contributed by atoms with Crippen molar-refractivity contribution in [3.8, 4) is 0 Å². The van der Waals surface area contributed by atoms with E-state index in [1.807, 2.05) is 39.2 Å². The Labute approximate surface area is 187 Å². The number of imidazole rings is 1. The van der Waals surface area contributed by atoms with E-state index in [4.69, 9.17) is 4.74 Å². The summed E-state index contributed by atoms with van der Waals surface area (Å²) in [4.78, 5) is 17.1. The third-order valence-electron chi connectivity index (χ3n) is 4.91. The van der Waals surface area contributed by atoms with Gasteiger partial charge in [0.1, 0.15) is 23.8 Å². The Hall–Kier alpha value is -2.94. The van der Waals surface area contributed by atoms with Crippen LogP contribution in [-0.2, 0) is 26.1 Å². The van der Waals surface area contributed by atoms with Crippen LogP contribution < -0.4 is 4.72 Å². The summed E-state index contributed by atoms with van der Waals surface area (Å²) in [7, 11) is -3.89.